The highest BCUT2D eigenvalue weighted by Crippen LogP contribution is 2.42. The summed E-state index contributed by atoms with van der Waals surface area (Å²) in [5.74, 6) is 2.02. The van der Waals surface area contributed by atoms with Crippen LogP contribution < -0.4 is 20.1 Å². The number of rotatable bonds is 11. The van der Waals surface area contributed by atoms with E-state index in [0.717, 1.165) is 21.2 Å². The number of allylic oxidation sites excluding steroid dienone is 1. The third-order valence-electron chi connectivity index (χ3n) is 7.61. The molecule has 0 aliphatic carbocycles. The summed E-state index contributed by atoms with van der Waals surface area (Å²) in [4.78, 5) is 19.1. The number of amides is 1. The fourth-order valence-electron chi connectivity index (χ4n) is 5.28. The second-order valence-corrected chi connectivity index (χ2v) is 13.2. The van der Waals surface area contributed by atoms with Crippen LogP contribution in [0, 0.1) is 6.92 Å². The van der Waals surface area contributed by atoms with Gasteiger partial charge in [0, 0.05) is 26.5 Å². The summed E-state index contributed by atoms with van der Waals surface area (Å²) < 4.78 is 14.8. The number of halogens is 2. The van der Waals surface area contributed by atoms with E-state index in [1.165, 1.54) is 17.3 Å². The highest BCUT2D eigenvalue weighted by Gasteiger charge is 2.36. The third kappa shape index (κ3) is 7.51. The van der Waals surface area contributed by atoms with Crippen LogP contribution in [0.1, 0.15) is 42.1 Å². The van der Waals surface area contributed by atoms with Crippen molar-refractivity contribution in [3.63, 3.8) is 0 Å². The lowest BCUT2D eigenvalue weighted by atomic mass is 9.94. The molecule has 0 fully saturated rings. The van der Waals surface area contributed by atoms with E-state index < -0.39 is 6.04 Å². The van der Waals surface area contributed by atoms with Gasteiger partial charge in [-0.2, -0.15) is 4.98 Å². The van der Waals surface area contributed by atoms with Gasteiger partial charge in [0.25, 0.3) is 5.91 Å². The number of thioether (sulfide) groups is 1. The van der Waals surface area contributed by atoms with E-state index in [1.807, 2.05) is 80.6 Å². The number of para-hydroxylation sites is 2. The van der Waals surface area contributed by atoms with Crippen LogP contribution in [0.5, 0.6) is 11.5 Å². The summed E-state index contributed by atoms with van der Waals surface area (Å²) in [6.45, 7) is 6.66. The van der Waals surface area contributed by atoms with Gasteiger partial charge in [0.05, 0.1) is 17.9 Å². The minimum Gasteiger partial charge on any atom is -0.492 e. The van der Waals surface area contributed by atoms with Crippen LogP contribution in [0.4, 0.5) is 11.6 Å². The molecule has 1 amide bonds. The third-order valence-corrected chi connectivity index (χ3v) is 9.36. The van der Waals surface area contributed by atoms with Gasteiger partial charge in [-0.05, 0) is 68.3 Å². The van der Waals surface area contributed by atoms with Crippen LogP contribution in [0.2, 0.25) is 5.02 Å². The first-order valence-electron chi connectivity index (χ1n) is 15.1. The Morgan fingerprint density at radius 3 is 2.55 bits per heavy atom. The predicted octanol–water partition coefficient (Wildman–Crippen LogP) is 9.20. The number of fused-ring (bicyclic) bond motifs is 1. The normalized spacial score (nSPS) is 13.9. The smallest absolute Gasteiger partial charge is 0.255 e. The molecule has 4 aromatic carbocycles. The first kappa shape index (κ1) is 32.7. The van der Waals surface area contributed by atoms with E-state index in [0.29, 0.717) is 63.6 Å². The molecule has 0 saturated carbocycles. The van der Waals surface area contributed by atoms with Crippen molar-refractivity contribution >= 4 is 56.8 Å². The zero-order chi connectivity index (χ0) is 32.9. The number of benzene rings is 4. The van der Waals surface area contributed by atoms with Crippen molar-refractivity contribution in [2.45, 2.75) is 44.3 Å². The fourth-order valence-corrected chi connectivity index (χ4v) is 6.78. The first-order valence-corrected chi connectivity index (χ1v) is 17.3. The SMILES string of the molecule is CCOc1ccccc1NC(=O)C1=C(C)Nc2nc(SCc3ccccc3Cl)nn2C1c1cc(Br)ccc1OCc1ccc(C)cc1. The lowest BCUT2D eigenvalue weighted by Crippen LogP contribution is -2.32. The van der Waals surface area contributed by atoms with Crippen molar-refractivity contribution in [1.82, 2.24) is 14.8 Å². The predicted molar refractivity (Wildman–Crippen MR) is 191 cm³/mol. The fraction of sp³-hybridized carbons (Fsp3) is 0.194. The molecule has 0 radical (unpaired) electrons. The van der Waals surface area contributed by atoms with Gasteiger partial charge >= 0.3 is 0 Å². The quantitative estimate of drug-likeness (QED) is 0.131. The lowest BCUT2D eigenvalue weighted by molar-refractivity contribution is -0.113. The van der Waals surface area contributed by atoms with Crippen LogP contribution >= 0.6 is 39.3 Å². The molecule has 0 saturated heterocycles. The van der Waals surface area contributed by atoms with Crippen LogP contribution in [0.3, 0.4) is 0 Å². The molecule has 0 bridgehead atoms. The lowest BCUT2D eigenvalue weighted by Gasteiger charge is -2.30. The Kier molecular flexibility index (Phi) is 10.2. The number of nitrogens with one attached hydrogen (secondary N) is 2. The Balaban J connectivity index is 1.40. The number of anilines is 2. The number of ether oxygens (including phenoxy) is 2. The minimum atomic E-state index is -0.668. The molecular formula is C36H33BrClN5O3S. The summed E-state index contributed by atoms with van der Waals surface area (Å²) in [7, 11) is 0. The monoisotopic (exact) mass is 729 g/mol. The molecule has 5 aromatic rings. The molecule has 8 nitrogen and oxygen atoms in total. The van der Waals surface area contributed by atoms with Gasteiger partial charge in [0.2, 0.25) is 11.1 Å². The molecule has 0 spiro atoms. The summed E-state index contributed by atoms with van der Waals surface area (Å²) in [5, 5.41) is 12.6. The van der Waals surface area contributed by atoms with E-state index in [9.17, 15) is 4.79 Å². The molecule has 1 aliphatic heterocycles. The van der Waals surface area contributed by atoms with Gasteiger partial charge in [-0.15, -0.1) is 5.10 Å². The van der Waals surface area contributed by atoms with Gasteiger partial charge in [0.1, 0.15) is 24.1 Å². The standard InChI is InChI=1S/C36H33BrClN5O3S/c1-4-45-31-12-8-7-11-29(31)40-34(44)32-23(3)39-35-41-36(47-21-25-9-5-6-10-28(25)38)42-43(35)33(32)27-19-26(37)17-18-30(27)46-20-24-15-13-22(2)14-16-24/h5-19,33H,4,20-21H2,1-3H3,(H,40,44)(H,39,41,42). The van der Waals surface area contributed by atoms with Crippen molar-refractivity contribution in [2.24, 2.45) is 0 Å². The topological polar surface area (TPSA) is 90.3 Å². The van der Waals surface area contributed by atoms with Gasteiger partial charge < -0.3 is 20.1 Å². The Bertz CT molecular complexity index is 1950. The molecule has 11 heteroatoms. The molecule has 2 heterocycles. The number of aromatic nitrogens is 3. The molecule has 6 rings (SSSR count). The van der Waals surface area contributed by atoms with Crippen molar-refractivity contribution in [3.8, 4) is 11.5 Å². The van der Waals surface area contributed by atoms with Crippen LogP contribution in [0.15, 0.2) is 112 Å². The van der Waals surface area contributed by atoms with Crippen molar-refractivity contribution in [1.29, 1.82) is 0 Å². The summed E-state index contributed by atoms with van der Waals surface area (Å²) in [5.41, 5.74) is 5.64. The first-order chi connectivity index (χ1) is 22.8. The Morgan fingerprint density at radius 1 is 1.00 bits per heavy atom. The van der Waals surface area contributed by atoms with Crippen molar-refractivity contribution in [3.05, 3.63) is 134 Å². The maximum atomic E-state index is 14.3. The highest BCUT2D eigenvalue weighted by atomic mass is 79.9. The van der Waals surface area contributed by atoms with Gasteiger partial charge in [0.15, 0.2) is 0 Å². The van der Waals surface area contributed by atoms with E-state index in [2.05, 4.69) is 57.8 Å². The average molecular weight is 731 g/mol. The summed E-state index contributed by atoms with van der Waals surface area (Å²) >= 11 is 11.6. The van der Waals surface area contributed by atoms with E-state index in [4.69, 9.17) is 31.2 Å². The number of carbonyl (C=O) groups is 1. The van der Waals surface area contributed by atoms with Crippen molar-refractivity contribution in [2.75, 3.05) is 17.2 Å². The molecule has 2 N–H and O–H groups in total. The maximum Gasteiger partial charge on any atom is 0.255 e. The van der Waals surface area contributed by atoms with E-state index in [1.54, 1.807) is 4.68 Å². The van der Waals surface area contributed by atoms with Crippen LogP contribution in [-0.4, -0.2) is 27.3 Å². The Labute approximate surface area is 291 Å². The molecule has 1 atom stereocenters. The number of nitrogens with zero attached hydrogens (tertiary/aromatic N) is 3. The van der Waals surface area contributed by atoms with Gasteiger partial charge in [-0.1, -0.05) is 99.5 Å². The molecule has 1 aliphatic rings. The second-order valence-electron chi connectivity index (χ2n) is 10.9. The van der Waals surface area contributed by atoms with E-state index >= 15 is 0 Å². The van der Waals surface area contributed by atoms with Crippen LogP contribution in [0.25, 0.3) is 0 Å². The number of hydrogen-bond acceptors (Lipinski definition) is 7. The van der Waals surface area contributed by atoms with Crippen LogP contribution in [-0.2, 0) is 17.2 Å². The molecule has 1 unspecified atom stereocenters. The molecule has 47 heavy (non-hydrogen) atoms. The van der Waals surface area contributed by atoms with E-state index in [-0.39, 0.29) is 5.91 Å². The number of carbonyl (C=O) groups excluding carboxylic acids is 1. The molecular weight excluding hydrogens is 698 g/mol. The number of hydrogen-bond donors (Lipinski definition) is 2. The largest absolute Gasteiger partial charge is 0.492 e. The molecule has 1 aromatic heterocycles. The second kappa shape index (κ2) is 14.7. The maximum absolute atomic E-state index is 14.3. The minimum absolute atomic E-state index is 0.303. The molecule has 240 valence electrons. The Morgan fingerprint density at radius 2 is 1.77 bits per heavy atom. The Hall–Kier alpha value is -4.25. The van der Waals surface area contributed by atoms with Crippen molar-refractivity contribution < 1.29 is 14.3 Å². The average Bonchev–Trinajstić information content (AvgIpc) is 3.47. The van der Waals surface area contributed by atoms with Gasteiger partial charge in [-0.25, -0.2) is 4.68 Å². The number of aryl methyl sites for hydroxylation is 1. The zero-order valence-corrected chi connectivity index (χ0v) is 29.2. The summed E-state index contributed by atoms with van der Waals surface area (Å²) in [6.07, 6.45) is 0. The summed E-state index contributed by atoms with van der Waals surface area (Å²) in [6, 6.07) is 28.5. The zero-order valence-electron chi connectivity index (χ0n) is 26.1. The highest BCUT2D eigenvalue weighted by molar-refractivity contribution is 9.10. The van der Waals surface area contributed by atoms with Gasteiger partial charge in [-0.3, -0.25) is 4.79 Å².